The van der Waals surface area contributed by atoms with Gasteiger partial charge in [0.05, 0.1) is 26.6 Å². The van der Waals surface area contributed by atoms with E-state index in [1.165, 1.54) is 17.8 Å². The van der Waals surface area contributed by atoms with Crippen LogP contribution < -0.4 is 10.3 Å². The lowest BCUT2D eigenvalue weighted by atomic mass is 10.2. The summed E-state index contributed by atoms with van der Waals surface area (Å²) in [6.07, 6.45) is 1.47. The van der Waals surface area contributed by atoms with Gasteiger partial charge in [0.25, 0.3) is 5.56 Å². The number of hydrogen-bond donors (Lipinski definition) is 0. The number of aromatic nitrogens is 2. The molecule has 0 spiro atoms. The van der Waals surface area contributed by atoms with Crippen LogP contribution in [0.5, 0.6) is 5.75 Å². The Bertz CT molecular complexity index is 1700. The number of furan rings is 1. The molecule has 0 atom stereocenters. The monoisotopic (exact) mass is 613 g/mol. The molecule has 0 saturated heterocycles. The zero-order chi connectivity index (χ0) is 24.7. The maximum absolute atomic E-state index is 13.4. The summed E-state index contributed by atoms with van der Waals surface area (Å²) in [6, 6.07) is 17.7. The van der Waals surface area contributed by atoms with Crippen molar-refractivity contribution >= 4 is 77.5 Å². The van der Waals surface area contributed by atoms with E-state index in [1.54, 1.807) is 30.3 Å². The molecule has 0 radical (unpaired) electrons. The zero-order valence-electron chi connectivity index (χ0n) is 18.0. The second-order valence-corrected chi connectivity index (χ2v) is 9.69. The van der Waals surface area contributed by atoms with Crippen LogP contribution in [0, 0.1) is 0 Å². The second kappa shape index (κ2) is 9.41. The van der Waals surface area contributed by atoms with Gasteiger partial charge in [0.15, 0.2) is 11.5 Å². The Morgan fingerprint density at radius 3 is 2.71 bits per heavy atom. The van der Waals surface area contributed by atoms with E-state index >= 15 is 0 Å². The van der Waals surface area contributed by atoms with E-state index in [2.05, 4.69) is 41.9 Å². The van der Waals surface area contributed by atoms with Crippen molar-refractivity contribution in [1.82, 2.24) is 9.66 Å². The summed E-state index contributed by atoms with van der Waals surface area (Å²) >= 11 is 13.1. The van der Waals surface area contributed by atoms with E-state index in [0.717, 1.165) is 9.86 Å². The third kappa shape index (κ3) is 4.67. The fourth-order valence-electron chi connectivity index (χ4n) is 3.53. The number of carbonyl (C=O) groups is 1. The van der Waals surface area contributed by atoms with Gasteiger partial charge in [0.1, 0.15) is 5.58 Å². The highest BCUT2D eigenvalue weighted by atomic mass is 79.9. The number of esters is 1. The summed E-state index contributed by atoms with van der Waals surface area (Å²) in [4.78, 5) is 29.4. The SMILES string of the molecule is CC(=O)Oc1c(Cl)cc(C=Nn2c(-c3cc4cc(Br)ccc4o3)nc3ccccc3c2=O)cc1Br. The summed E-state index contributed by atoms with van der Waals surface area (Å²) < 4.78 is 13.7. The molecule has 2 heterocycles. The summed E-state index contributed by atoms with van der Waals surface area (Å²) in [5.74, 6) is 0.349. The minimum absolute atomic E-state index is 0.204. The first kappa shape index (κ1) is 23.5. The van der Waals surface area contributed by atoms with Crippen LogP contribution in [0.4, 0.5) is 0 Å². The highest BCUT2D eigenvalue weighted by molar-refractivity contribution is 9.10. The highest BCUT2D eigenvalue weighted by Gasteiger charge is 2.17. The second-order valence-electron chi connectivity index (χ2n) is 7.51. The first-order valence-electron chi connectivity index (χ1n) is 10.2. The quantitative estimate of drug-likeness (QED) is 0.126. The number of ether oxygens (including phenoxy) is 1. The minimum atomic E-state index is -0.495. The first-order chi connectivity index (χ1) is 16.8. The van der Waals surface area contributed by atoms with Crippen LogP contribution in [0.3, 0.4) is 0 Å². The Morgan fingerprint density at radius 2 is 1.94 bits per heavy atom. The fraction of sp³-hybridized carbons (Fsp3) is 0.0400. The lowest BCUT2D eigenvalue weighted by Crippen LogP contribution is -2.20. The van der Waals surface area contributed by atoms with Gasteiger partial charge < -0.3 is 9.15 Å². The topological polar surface area (TPSA) is 86.7 Å². The van der Waals surface area contributed by atoms with Crippen LogP contribution in [0.25, 0.3) is 33.5 Å². The molecule has 5 rings (SSSR count). The molecule has 0 N–H and O–H groups in total. The van der Waals surface area contributed by atoms with E-state index < -0.39 is 5.97 Å². The molecule has 0 unspecified atom stereocenters. The maximum atomic E-state index is 13.4. The van der Waals surface area contributed by atoms with Crippen LogP contribution in [0.2, 0.25) is 5.02 Å². The maximum Gasteiger partial charge on any atom is 0.308 e. The van der Waals surface area contributed by atoms with Crippen LogP contribution in [0.1, 0.15) is 12.5 Å². The van der Waals surface area contributed by atoms with Crippen LogP contribution in [0.15, 0.2) is 83.9 Å². The predicted molar refractivity (Wildman–Crippen MR) is 142 cm³/mol. The molecule has 10 heteroatoms. The van der Waals surface area contributed by atoms with Crippen LogP contribution in [-0.4, -0.2) is 21.8 Å². The molecule has 2 aromatic heterocycles. The van der Waals surface area contributed by atoms with Crippen molar-refractivity contribution in [2.75, 3.05) is 0 Å². The van der Waals surface area contributed by atoms with Gasteiger partial charge in [-0.1, -0.05) is 39.7 Å². The highest BCUT2D eigenvalue weighted by Crippen LogP contribution is 2.34. The Kier molecular flexibility index (Phi) is 6.31. The molecule has 3 aromatic carbocycles. The predicted octanol–water partition coefficient (Wildman–Crippen LogP) is 6.80. The van der Waals surface area contributed by atoms with E-state index in [9.17, 15) is 9.59 Å². The zero-order valence-corrected chi connectivity index (χ0v) is 21.9. The van der Waals surface area contributed by atoms with Crippen molar-refractivity contribution in [1.29, 1.82) is 0 Å². The Balaban J connectivity index is 1.67. The molecule has 35 heavy (non-hydrogen) atoms. The Labute approximate surface area is 220 Å². The molecule has 0 amide bonds. The van der Waals surface area contributed by atoms with Crippen molar-refractivity contribution in [2.45, 2.75) is 6.92 Å². The number of benzene rings is 3. The molecule has 0 fully saturated rings. The van der Waals surface area contributed by atoms with E-state index in [4.69, 9.17) is 20.8 Å². The molecule has 0 saturated carbocycles. The van der Waals surface area contributed by atoms with Crippen molar-refractivity contribution in [3.05, 3.63) is 90.5 Å². The van der Waals surface area contributed by atoms with Crippen molar-refractivity contribution in [2.24, 2.45) is 5.10 Å². The van der Waals surface area contributed by atoms with Gasteiger partial charge in [-0.15, -0.1) is 0 Å². The largest absolute Gasteiger partial charge is 0.453 e. The van der Waals surface area contributed by atoms with Gasteiger partial charge >= 0.3 is 5.97 Å². The number of carbonyl (C=O) groups excluding carboxylic acids is 1. The van der Waals surface area contributed by atoms with Crippen molar-refractivity contribution in [3.63, 3.8) is 0 Å². The van der Waals surface area contributed by atoms with Gasteiger partial charge in [-0.3, -0.25) is 9.59 Å². The number of nitrogens with zero attached hydrogens (tertiary/aromatic N) is 3. The molecular formula is C25H14Br2ClN3O4. The molecule has 0 aliphatic carbocycles. The molecule has 7 nitrogen and oxygen atoms in total. The summed E-state index contributed by atoms with van der Waals surface area (Å²) in [5.41, 5.74) is 1.39. The van der Waals surface area contributed by atoms with Crippen molar-refractivity contribution < 1.29 is 13.9 Å². The average molecular weight is 616 g/mol. The third-order valence-electron chi connectivity index (χ3n) is 5.04. The smallest absolute Gasteiger partial charge is 0.308 e. The normalized spacial score (nSPS) is 11.5. The van der Waals surface area contributed by atoms with E-state index in [1.807, 2.05) is 30.3 Å². The standard InChI is InChI=1S/C25H14Br2ClN3O4/c1-13(32)34-23-18(27)8-14(9-19(23)28)12-29-31-24(30-20-5-3-2-4-17(20)25(31)33)22-11-15-10-16(26)6-7-21(15)35-22/h2-12H,1H3. The first-order valence-corrected chi connectivity index (χ1v) is 12.2. The van der Waals surface area contributed by atoms with Gasteiger partial charge in [-0.05, 0) is 70.0 Å². The number of hydrogen-bond acceptors (Lipinski definition) is 6. The molecule has 0 bridgehead atoms. The van der Waals surface area contributed by atoms with Crippen LogP contribution >= 0.6 is 43.5 Å². The number of fused-ring (bicyclic) bond motifs is 2. The van der Waals surface area contributed by atoms with Gasteiger partial charge in [-0.2, -0.15) is 9.78 Å². The van der Waals surface area contributed by atoms with Crippen molar-refractivity contribution in [3.8, 4) is 17.3 Å². The van der Waals surface area contributed by atoms with Gasteiger partial charge in [0, 0.05) is 16.8 Å². The number of para-hydroxylation sites is 1. The van der Waals surface area contributed by atoms with E-state index in [0.29, 0.717) is 32.3 Å². The van der Waals surface area contributed by atoms with Gasteiger partial charge in [-0.25, -0.2) is 4.98 Å². The minimum Gasteiger partial charge on any atom is -0.453 e. The Morgan fingerprint density at radius 1 is 1.14 bits per heavy atom. The third-order valence-corrected chi connectivity index (χ3v) is 6.40. The fourth-order valence-corrected chi connectivity index (χ4v) is 4.85. The molecular weight excluding hydrogens is 602 g/mol. The molecule has 5 aromatic rings. The Hall–Kier alpha value is -3.27. The lowest BCUT2D eigenvalue weighted by molar-refractivity contribution is -0.131. The number of rotatable bonds is 4. The summed E-state index contributed by atoms with van der Waals surface area (Å²) in [6.45, 7) is 1.29. The van der Waals surface area contributed by atoms with Crippen LogP contribution in [-0.2, 0) is 4.79 Å². The lowest BCUT2D eigenvalue weighted by Gasteiger charge is -2.09. The average Bonchev–Trinajstić information content (AvgIpc) is 3.23. The van der Waals surface area contributed by atoms with Gasteiger partial charge in [0.2, 0.25) is 5.82 Å². The van der Waals surface area contributed by atoms with E-state index in [-0.39, 0.29) is 22.2 Å². The molecule has 0 aliphatic heterocycles. The summed E-state index contributed by atoms with van der Waals surface area (Å²) in [5, 5.41) is 5.90. The summed E-state index contributed by atoms with van der Waals surface area (Å²) in [7, 11) is 0. The molecule has 174 valence electrons. The number of halogens is 3. The molecule has 0 aliphatic rings.